The first-order valence-electron chi connectivity index (χ1n) is 7.02. The van der Waals surface area contributed by atoms with Gasteiger partial charge in [-0.1, -0.05) is 38.1 Å². The summed E-state index contributed by atoms with van der Waals surface area (Å²) < 4.78 is 5.31. The number of benzene rings is 1. The van der Waals surface area contributed by atoms with Crippen molar-refractivity contribution in [3.05, 3.63) is 35.4 Å². The second-order valence-electron chi connectivity index (χ2n) is 5.68. The maximum Gasteiger partial charge on any atom is 0.0618 e. The molecular formula is C16H25NO. The van der Waals surface area contributed by atoms with Crippen LogP contribution in [-0.2, 0) is 17.6 Å². The molecule has 1 aromatic rings. The molecule has 2 rings (SSSR count). The van der Waals surface area contributed by atoms with Crippen molar-refractivity contribution in [2.75, 3.05) is 13.7 Å². The van der Waals surface area contributed by atoms with Crippen molar-refractivity contribution in [3.8, 4) is 0 Å². The molecule has 1 aliphatic carbocycles. The first-order valence-corrected chi connectivity index (χ1v) is 7.02. The fourth-order valence-electron chi connectivity index (χ4n) is 2.76. The normalized spacial score (nSPS) is 20.8. The molecule has 0 spiro atoms. The van der Waals surface area contributed by atoms with Crippen molar-refractivity contribution in [1.82, 2.24) is 5.32 Å². The smallest absolute Gasteiger partial charge is 0.0618 e. The van der Waals surface area contributed by atoms with E-state index in [2.05, 4.69) is 43.4 Å². The van der Waals surface area contributed by atoms with Gasteiger partial charge in [0.25, 0.3) is 0 Å². The van der Waals surface area contributed by atoms with Gasteiger partial charge in [0, 0.05) is 19.2 Å². The summed E-state index contributed by atoms with van der Waals surface area (Å²) in [5, 5.41) is 3.77. The zero-order valence-electron chi connectivity index (χ0n) is 11.8. The third-order valence-corrected chi connectivity index (χ3v) is 3.95. The monoisotopic (exact) mass is 247 g/mol. The third-order valence-electron chi connectivity index (χ3n) is 3.95. The molecule has 0 saturated heterocycles. The Morgan fingerprint density at radius 2 is 2.00 bits per heavy atom. The summed E-state index contributed by atoms with van der Waals surface area (Å²) in [7, 11) is 1.78. The first-order chi connectivity index (χ1) is 8.70. The standard InChI is InChI=1S/C16H25NO/c1-12(2)16(11-18-3)17-15-9-8-13-6-4-5-7-14(13)10-15/h4-7,12,15-17H,8-11H2,1-3H3. The number of hydrogen-bond acceptors (Lipinski definition) is 2. The largest absolute Gasteiger partial charge is 0.383 e. The maximum absolute atomic E-state index is 5.31. The number of fused-ring (bicyclic) bond motifs is 1. The van der Waals surface area contributed by atoms with E-state index in [1.165, 1.54) is 24.0 Å². The van der Waals surface area contributed by atoms with Gasteiger partial charge < -0.3 is 10.1 Å². The van der Waals surface area contributed by atoms with Gasteiger partial charge in [-0.2, -0.15) is 0 Å². The molecule has 0 heterocycles. The Balaban J connectivity index is 1.96. The fraction of sp³-hybridized carbons (Fsp3) is 0.625. The van der Waals surface area contributed by atoms with Crippen LogP contribution in [0.15, 0.2) is 24.3 Å². The Hall–Kier alpha value is -0.860. The highest BCUT2D eigenvalue weighted by Gasteiger charge is 2.22. The van der Waals surface area contributed by atoms with Gasteiger partial charge in [-0.15, -0.1) is 0 Å². The van der Waals surface area contributed by atoms with Crippen molar-refractivity contribution in [2.45, 2.75) is 45.2 Å². The Bertz CT molecular complexity index is 375. The number of rotatable bonds is 5. The molecule has 1 aliphatic rings. The minimum absolute atomic E-state index is 0.463. The summed E-state index contributed by atoms with van der Waals surface area (Å²) in [6.07, 6.45) is 3.60. The number of nitrogens with one attached hydrogen (secondary N) is 1. The molecule has 0 bridgehead atoms. The molecule has 1 aromatic carbocycles. The average Bonchev–Trinajstić information content (AvgIpc) is 2.38. The Labute approximate surface area is 111 Å². The minimum atomic E-state index is 0.463. The molecule has 0 amide bonds. The van der Waals surface area contributed by atoms with Gasteiger partial charge >= 0.3 is 0 Å². The molecule has 2 nitrogen and oxygen atoms in total. The van der Waals surface area contributed by atoms with Crippen molar-refractivity contribution >= 4 is 0 Å². The van der Waals surface area contributed by atoms with Gasteiger partial charge in [0.2, 0.25) is 0 Å². The lowest BCUT2D eigenvalue weighted by molar-refractivity contribution is 0.138. The summed E-state index contributed by atoms with van der Waals surface area (Å²) in [6.45, 7) is 5.32. The topological polar surface area (TPSA) is 21.3 Å². The van der Waals surface area contributed by atoms with Gasteiger partial charge in [-0.25, -0.2) is 0 Å². The molecule has 0 aliphatic heterocycles. The van der Waals surface area contributed by atoms with Gasteiger partial charge in [-0.05, 0) is 36.3 Å². The molecule has 2 unspecified atom stereocenters. The summed E-state index contributed by atoms with van der Waals surface area (Å²) in [5.41, 5.74) is 3.05. The predicted octanol–water partition coefficient (Wildman–Crippen LogP) is 2.80. The average molecular weight is 247 g/mol. The van der Waals surface area contributed by atoms with E-state index >= 15 is 0 Å². The molecule has 1 N–H and O–H groups in total. The number of hydrogen-bond donors (Lipinski definition) is 1. The van der Waals surface area contributed by atoms with E-state index in [0.717, 1.165) is 13.0 Å². The van der Waals surface area contributed by atoms with Crippen LogP contribution in [0.1, 0.15) is 31.4 Å². The Morgan fingerprint density at radius 1 is 1.28 bits per heavy atom. The lowest BCUT2D eigenvalue weighted by Gasteiger charge is -2.31. The highest BCUT2D eigenvalue weighted by atomic mass is 16.5. The number of methoxy groups -OCH3 is 1. The fourth-order valence-corrected chi connectivity index (χ4v) is 2.76. The molecule has 0 aromatic heterocycles. The van der Waals surface area contributed by atoms with Crippen molar-refractivity contribution in [1.29, 1.82) is 0 Å². The summed E-state index contributed by atoms with van der Waals surface area (Å²) in [4.78, 5) is 0. The van der Waals surface area contributed by atoms with Crippen LogP contribution in [0.3, 0.4) is 0 Å². The Kier molecular flexibility index (Phi) is 4.79. The van der Waals surface area contributed by atoms with Gasteiger partial charge in [0.15, 0.2) is 0 Å². The van der Waals surface area contributed by atoms with Gasteiger partial charge in [0.05, 0.1) is 6.61 Å². The van der Waals surface area contributed by atoms with E-state index in [1.807, 2.05) is 0 Å². The van der Waals surface area contributed by atoms with Crippen LogP contribution >= 0.6 is 0 Å². The summed E-state index contributed by atoms with van der Waals surface area (Å²) >= 11 is 0. The molecule has 0 radical (unpaired) electrons. The van der Waals surface area contributed by atoms with Gasteiger partial charge in [-0.3, -0.25) is 0 Å². The van der Waals surface area contributed by atoms with Crippen LogP contribution in [0.4, 0.5) is 0 Å². The molecular weight excluding hydrogens is 222 g/mol. The van der Waals surface area contributed by atoms with E-state index in [1.54, 1.807) is 7.11 Å². The van der Waals surface area contributed by atoms with Crippen LogP contribution < -0.4 is 5.32 Å². The Morgan fingerprint density at radius 3 is 2.67 bits per heavy atom. The SMILES string of the molecule is COCC(NC1CCc2ccccc2C1)C(C)C. The summed E-state index contributed by atoms with van der Waals surface area (Å²) in [5.74, 6) is 0.613. The van der Waals surface area contributed by atoms with E-state index in [0.29, 0.717) is 18.0 Å². The van der Waals surface area contributed by atoms with Crippen LogP contribution in [0.25, 0.3) is 0 Å². The van der Waals surface area contributed by atoms with E-state index in [4.69, 9.17) is 4.74 Å². The van der Waals surface area contributed by atoms with E-state index in [9.17, 15) is 0 Å². The third kappa shape index (κ3) is 3.33. The van der Waals surface area contributed by atoms with E-state index in [-0.39, 0.29) is 0 Å². The highest BCUT2D eigenvalue weighted by Crippen LogP contribution is 2.21. The maximum atomic E-state index is 5.31. The van der Waals surface area contributed by atoms with E-state index < -0.39 is 0 Å². The first kappa shape index (κ1) is 13.6. The molecule has 0 fully saturated rings. The molecule has 18 heavy (non-hydrogen) atoms. The quantitative estimate of drug-likeness (QED) is 0.864. The van der Waals surface area contributed by atoms with Crippen LogP contribution in [0.2, 0.25) is 0 Å². The zero-order valence-corrected chi connectivity index (χ0v) is 11.8. The van der Waals surface area contributed by atoms with Crippen molar-refractivity contribution < 1.29 is 4.74 Å². The van der Waals surface area contributed by atoms with Crippen molar-refractivity contribution in [3.63, 3.8) is 0 Å². The molecule has 100 valence electrons. The molecule has 2 heteroatoms. The molecule has 2 atom stereocenters. The second kappa shape index (κ2) is 6.35. The number of aryl methyl sites for hydroxylation is 1. The van der Waals surface area contributed by atoms with Crippen molar-refractivity contribution in [2.24, 2.45) is 5.92 Å². The van der Waals surface area contributed by atoms with Gasteiger partial charge in [0.1, 0.15) is 0 Å². The number of ether oxygens (including phenoxy) is 1. The van der Waals surface area contributed by atoms with Crippen LogP contribution in [-0.4, -0.2) is 25.8 Å². The summed E-state index contributed by atoms with van der Waals surface area (Å²) in [6, 6.07) is 9.89. The van der Waals surface area contributed by atoms with Crippen LogP contribution in [0.5, 0.6) is 0 Å². The van der Waals surface area contributed by atoms with Crippen LogP contribution in [0, 0.1) is 5.92 Å². The minimum Gasteiger partial charge on any atom is -0.383 e. The second-order valence-corrected chi connectivity index (χ2v) is 5.68. The lowest BCUT2D eigenvalue weighted by Crippen LogP contribution is -2.46. The zero-order chi connectivity index (χ0) is 13.0. The molecule has 0 saturated carbocycles. The highest BCUT2D eigenvalue weighted by molar-refractivity contribution is 5.30. The lowest BCUT2D eigenvalue weighted by atomic mass is 9.87. The predicted molar refractivity (Wildman–Crippen MR) is 75.9 cm³/mol.